The average Bonchev–Trinajstić information content (AvgIpc) is 3.04. The summed E-state index contributed by atoms with van der Waals surface area (Å²) in [5.74, 6) is -0.0337. The third-order valence-electron chi connectivity index (χ3n) is 5.66. The molecule has 1 aromatic heterocycles. The van der Waals surface area contributed by atoms with Crippen molar-refractivity contribution in [2.75, 3.05) is 5.32 Å². The molecular formula is C25H24N4O3. The molecule has 0 atom stereocenters. The maximum atomic E-state index is 12.6. The van der Waals surface area contributed by atoms with Crippen LogP contribution in [0.15, 0.2) is 53.9 Å². The lowest BCUT2D eigenvalue weighted by molar-refractivity contribution is -0.128. The Hall–Kier alpha value is -3.87. The van der Waals surface area contributed by atoms with Crippen molar-refractivity contribution < 1.29 is 14.4 Å². The third kappa shape index (κ3) is 3.89. The Labute approximate surface area is 186 Å². The molecule has 0 saturated heterocycles. The van der Waals surface area contributed by atoms with Gasteiger partial charge in [0, 0.05) is 16.7 Å². The molecule has 0 aliphatic carbocycles. The molecule has 7 heteroatoms. The summed E-state index contributed by atoms with van der Waals surface area (Å²) in [6.45, 7) is 9.22. The molecule has 0 saturated carbocycles. The van der Waals surface area contributed by atoms with Crippen LogP contribution < -0.4 is 5.32 Å². The molecule has 32 heavy (non-hydrogen) atoms. The van der Waals surface area contributed by atoms with Crippen LogP contribution in [0.25, 0.3) is 11.3 Å². The Bertz CT molecular complexity index is 1260. The third-order valence-corrected chi connectivity index (χ3v) is 5.66. The largest absolute Gasteiger partial charge is 0.381 e. The Morgan fingerprint density at radius 1 is 1.00 bits per heavy atom. The van der Waals surface area contributed by atoms with Crippen LogP contribution in [0.4, 0.5) is 5.82 Å². The second-order valence-electron chi connectivity index (χ2n) is 8.39. The number of nitrogens with zero attached hydrogens (tertiary/aromatic N) is 3. The lowest BCUT2D eigenvalue weighted by Gasteiger charge is -2.12. The molecule has 0 radical (unpaired) electrons. The number of aryl methyl sites for hydroxylation is 2. The molecule has 2 aromatic carbocycles. The van der Waals surface area contributed by atoms with Crippen molar-refractivity contribution >= 4 is 23.2 Å². The Morgan fingerprint density at radius 3 is 2.44 bits per heavy atom. The van der Waals surface area contributed by atoms with Crippen LogP contribution in [0.1, 0.15) is 46.5 Å². The SMILES string of the molecule is Cc1ccc(C2=NOC(C)(C)C2=O)cc1-c1cnc(NC(=O)c2cccc(C)c2C)cn1. The molecule has 0 spiro atoms. The van der Waals surface area contributed by atoms with Gasteiger partial charge in [-0.05, 0) is 63.4 Å². The van der Waals surface area contributed by atoms with Crippen molar-refractivity contribution in [1.29, 1.82) is 0 Å². The molecule has 1 aliphatic heterocycles. The van der Waals surface area contributed by atoms with Crippen LogP contribution >= 0.6 is 0 Å². The number of Topliss-reactive ketones (excluding diaryl/α,β-unsaturated/α-hetero) is 1. The van der Waals surface area contributed by atoms with E-state index in [0.717, 1.165) is 22.3 Å². The zero-order valence-corrected chi connectivity index (χ0v) is 18.7. The Balaban J connectivity index is 1.58. The van der Waals surface area contributed by atoms with Crippen LogP contribution in [0.5, 0.6) is 0 Å². The number of ketones is 1. The van der Waals surface area contributed by atoms with Crippen molar-refractivity contribution in [1.82, 2.24) is 9.97 Å². The molecule has 7 nitrogen and oxygen atoms in total. The molecule has 3 aromatic rings. The highest BCUT2D eigenvalue weighted by Crippen LogP contribution is 2.27. The van der Waals surface area contributed by atoms with Crippen molar-refractivity contribution in [2.24, 2.45) is 5.16 Å². The van der Waals surface area contributed by atoms with E-state index in [-0.39, 0.29) is 11.7 Å². The molecular weight excluding hydrogens is 404 g/mol. The van der Waals surface area contributed by atoms with E-state index in [1.807, 2.05) is 51.1 Å². The predicted molar refractivity (Wildman–Crippen MR) is 123 cm³/mol. The number of rotatable bonds is 4. The summed E-state index contributed by atoms with van der Waals surface area (Å²) >= 11 is 0. The fourth-order valence-electron chi connectivity index (χ4n) is 3.47. The van der Waals surface area contributed by atoms with E-state index in [2.05, 4.69) is 20.4 Å². The molecule has 1 aliphatic rings. The number of anilines is 1. The van der Waals surface area contributed by atoms with Gasteiger partial charge in [-0.15, -0.1) is 0 Å². The molecule has 4 rings (SSSR count). The lowest BCUT2D eigenvalue weighted by atomic mass is 9.93. The van der Waals surface area contributed by atoms with E-state index >= 15 is 0 Å². The topological polar surface area (TPSA) is 93.5 Å². The summed E-state index contributed by atoms with van der Waals surface area (Å²) in [5, 5.41) is 6.77. The molecule has 162 valence electrons. The highest BCUT2D eigenvalue weighted by Gasteiger charge is 2.40. The van der Waals surface area contributed by atoms with Gasteiger partial charge in [-0.3, -0.25) is 14.6 Å². The number of benzene rings is 2. The van der Waals surface area contributed by atoms with E-state index in [1.54, 1.807) is 26.1 Å². The number of carbonyl (C=O) groups is 2. The van der Waals surface area contributed by atoms with Crippen LogP contribution in [-0.4, -0.2) is 33.0 Å². The summed E-state index contributed by atoms with van der Waals surface area (Å²) in [5.41, 5.74) is 5.00. The molecule has 2 heterocycles. The van der Waals surface area contributed by atoms with E-state index in [9.17, 15) is 9.59 Å². The first-order chi connectivity index (χ1) is 15.2. The monoisotopic (exact) mass is 428 g/mol. The number of aromatic nitrogens is 2. The molecule has 0 fully saturated rings. The number of hydrogen-bond donors (Lipinski definition) is 1. The van der Waals surface area contributed by atoms with E-state index < -0.39 is 5.60 Å². The minimum absolute atomic E-state index is 0.164. The van der Waals surface area contributed by atoms with Gasteiger partial charge in [-0.1, -0.05) is 29.4 Å². The molecule has 1 amide bonds. The zero-order chi connectivity index (χ0) is 23.0. The average molecular weight is 428 g/mol. The fraction of sp³-hybridized carbons (Fsp3) is 0.240. The van der Waals surface area contributed by atoms with Gasteiger partial charge in [-0.25, -0.2) is 4.98 Å². The van der Waals surface area contributed by atoms with Gasteiger partial charge in [0.15, 0.2) is 17.1 Å². The van der Waals surface area contributed by atoms with Gasteiger partial charge in [0.05, 0.1) is 18.1 Å². The summed E-state index contributed by atoms with van der Waals surface area (Å²) in [4.78, 5) is 39.3. The summed E-state index contributed by atoms with van der Waals surface area (Å²) in [6, 6.07) is 11.2. The van der Waals surface area contributed by atoms with E-state index in [0.29, 0.717) is 28.4 Å². The molecule has 0 unspecified atom stereocenters. The highest BCUT2D eigenvalue weighted by molar-refractivity contribution is 6.49. The highest BCUT2D eigenvalue weighted by atomic mass is 16.7. The molecule has 0 bridgehead atoms. The second-order valence-corrected chi connectivity index (χ2v) is 8.39. The maximum absolute atomic E-state index is 12.6. The number of carbonyl (C=O) groups excluding carboxylic acids is 2. The van der Waals surface area contributed by atoms with Crippen molar-refractivity contribution in [3.63, 3.8) is 0 Å². The fourth-order valence-corrected chi connectivity index (χ4v) is 3.47. The number of oxime groups is 1. The number of nitrogens with one attached hydrogen (secondary N) is 1. The minimum atomic E-state index is -0.963. The molecule has 1 N–H and O–H groups in total. The van der Waals surface area contributed by atoms with E-state index in [4.69, 9.17) is 4.84 Å². The Kier molecular flexibility index (Phi) is 5.34. The number of amides is 1. The van der Waals surface area contributed by atoms with Crippen LogP contribution in [0.3, 0.4) is 0 Å². The minimum Gasteiger partial charge on any atom is -0.381 e. The first-order valence-corrected chi connectivity index (χ1v) is 10.3. The number of hydrogen-bond acceptors (Lipinski definition) is 6. The van der Waals surface area contributed by atoms with Gasteiger partial charge >= 0.3 is 0 Å². The first-order valence-electron chi connectivity index (χ1n) is 10.3. The van der Waals surface area contributed by atoms with Gasteiger partial charge in [0.2, 0.25) is 5.78 Å². The van der Waals surface area contributed by atoms with Crippen molar-refractivity contribution in [2.45, 2.75) is 40.2 Å². The van der Waals surface area contributed by atoms with Crippen LogP contribution in [0.2, 0.25) is 0 Å². The zero-order valence-electron chi connectivity index (χ0n) is 18.7. The quantitative estimate of drug-likeness (QED) is 0.665. The smallest absolute Gasteiger partial charge is 0.257 e. The normalized spacial score (nSPS) is 14.7. The van der Waals surface area contributed by atoms with Crippen molar-refractivity contribution in [3.8, 4) is 11.3 Å². The summed E-state index contributed by atoms with van der Waals surface area (Å²) in [7, 11) is 0. The summed E-state index contributed by atoms with van der Waals surface area (Å²) in [6.07, 6.45) is 3.12. The van der Waals surface area contributed by atoms with E-state index in [1.165, 1.54) is 6.20 Å². The maximum Gasteiger partial charge on any atom is 0.257 e. The van der Waals surface area contributed by atoms with Gasteiger partial charge in [0.25, 0.3) is 5.91 Å². The van der Waals surface area contributed by atoms with Crippen LogP contribution in [0, 0.1) is 20.8 Å². The first kappa shape index (κ1) is 21.4. The lowest BCUT2D eigenvalue weighted by Crippen LogP contribution is -2.33. The van der Waals surface area contributed by atoms with Gasteiger partial charge in [0.1, 0.15) is 0 Å². The Morgan fingerprint density at radius 2 is 1.78 bits per heavy atom. The standard InChI is InChI=1S/C25H24N4O3/c1-14-7-6-8-18(16(14)3)24(31)28-21-13-26-20(12-27-21)19-11-17(10-9-15(19)2)22-23(30)25(4,5)32-29-22/h6-13H,1-5H3,(H,27,28,31). The second kappa shape index (κ2) is 8.00. The van der Waals surface area contributed by atoms with Gasteiger partial charge < -0.3 is 10.2 Å². The van der Waals surface area contributed by atoms with Crippen LogP contribution in [-0.2, 0) is 9.63 Å². The predicted octanol–water partition coefficient (Wildman–Crippen LogP) is 4.40. The van der Waals surface area contributed by atoms with Gasteiger partial charge in [-0.2, -0.15) is 0 Å². The van der Waals surface area contributed by atoms with Crippen molar-refractivity contribution in [3.05, 3.63) is 76.6 Å². The summed E-state index contributed by atoms with van der Waals surface area (Å²) < 4.78 is 0.